The summed E-state index contributed by atoms with van der Waals surface area (Å²) in [6.45, 7) is 7.09. The maximum absolute atomic E-state index is 12.6. The predicted octanol–water partition coefficient (Wildman–Crippen LogP) is 3.66. The molecule has 12 heteroatoms. The second-order valence-electron chi connectivity index (χ2n) is 8.25. The van der Waals surface area contributed by atoms with Gasteiger partial charge in [-0.25, -0.2) is 9.78 Å². The van der Waals surface area contributed by atoms with Gasteiger partial charge in [0, 0.05) is 44.0 Å². The molecule has 2 rings (SSSR count). The molecular formula is C23H37Cl4N5O3. The maximum Gasteiger partial charge on any atom is 0.328 e. The number of alkyl halides is 2. The molecule has 0 unspecified atom stereocenters. The Morgan fingerprint density at radius 1 is 1.20 bits per heavy atom. The first kappa shape index (κ1) is 33.5. The van der Waals surface area contributed by atoms with Gasteiger partial charge in [-0.1, -0.05) is 13.8 Å². The standard InChI is InChI=1S/C23H35Cl2N5O3.2ClH/c1-5-33-23(32)21(15(2)3)28-22(31)17(26)7-9-20-27-18-14-16(6-8-19(18)29(20)4)30(12-10-24)13-11-25;;/h6,8,14-15,17,21H,5,7,9-13,26H2,1-4H3,(H,28,31);2*1H/t17-,21-;;/m0../s1. The lowest BCUT2D eigenvalue weighted by atomic mass is 10.0. The summed E-state index contributed by atoms with van der Waals surface area (Å²) in [6.07, 6.45) is 0.919. The van der Waals surface area contributed by atoms with Crippen molar-refractivity contribution in [2.24, 2.45) is 18.7 Å². The first-order valence-corrected chi connectivity index (χ1v) is 12.3. The Labute approximate surface area is 230 Å². The second-order valence-corrected chi connectivity index (χ2v) is 9.01. The highest BCUT2D eigenvalue weighted by atomic mass is 35.5. The van der Waals surface area contributed by atoms with Gasteiger partial charge in [0.1, 0.15) is 11.9 Å². The fourth-order valence-electron chi connectivity index (χ4n) is 3.64. The highest BCUT2D eigenvalue weighted by Gasteiger charge is 2.27. The second kappa shape index (κ2) is 16.3. The summed E-state index contributed by atoms with van der Waals surface area (Å²) in [5.41, 5.74) is 9.00. The Balaban J connectivity index is 0.00000578. The molecule has 8 nitrogen and oxygen atoms in total. The summed E-state index contributed by atoms with van der Waals surface area (Å²) in [4.78, 5) is 31.6. The van der Waals surface area contributed by atoms with E-state index in [1.807, 2.05) is 43.7 Å². The summed E-state index contributed by atoms with van der Waals surface area (Å²) < 4.78 is 7.06. The van der Waals surface area contributed by atoms with Crippen LogP contribution in [0.15, 0.2) is 18.2 Å². The zero-order chi connectivity index (χ0) is 24.5. The lowest BCUT2D eigenvalue weighted by molar-refractivity contribution is -0.148. The Kier molecular flexibility index (Phi) is 15.6. The fraction of sp³-hybridized carbons (Fsp3) is 0.609. The van der Waals surface area contributed by atoms with Gasteiger partial charge in [-0.3, -0.25) is 4.79 Å². The molecular weight excluding hydrogens is 536 g/mol. The van der Waals surface area contributed by atoms with E-state index in [2.05, 4.69) is 10.2 Å². The summed E-state index contributed by atoms with van der Waals surface area (Å²) in [7, 11) is 1.95. The van der Waals surface area contributed by atoms with Crippen LogP contribution in [0.3, 0.4) is 0 Å². The lowest BCUT2D eigenvalue weighted by Crippen LogP contribution is -2.51. The number of fused-ring (bicyclic) bond motifs is 1. The van der Waals surface area contributed by atoms with E-state index < -0.39 is 18.1 Å². The number of esters is 1. The van der Waals surface area contributed by atoms with Crippen molar-refractivity contribution in [2.75, 3.05) is 36.4 Å². The number of anilines is 1. The number of ether oxygens (including phenoxy) is 1. The highest BCUT2D eigenvalue weighted by molar-refractivity contribution is 6.18. The third kappa shape index (κ3) is 9.17. The monoisotopic (exact) mass is 571 g/mol. The smallest absolute Gasteiger partial charge is 0.328 e. The van der Waals surface area contributed by atoms with Gasteiger partial charge in [0.15, 0.2) is 0 Å². The Morgan fingerprint density at radius 3 is 2.37 bits per heavy atom. The zero-order valence-corrected chi connectivity index (χ0v) is 23.8. The Morgan fingerprint density at radius 2 is 1.83 bits per heavy atom. The molecule has 1 aromatic heterocycles. The minimum Gasteiger partial charge on any atom is -0.464 e. The third-order valence-corrected chi connectivity index (χ3v) is 5.89. The number of carbonyl (C=O) groups is 2. The molecule has 2 atom stereocenters. The van der Waals surface area contributed by atoms with E-state index in [0.29, 0.717) is 37.7 Å². The van der Waals surface area contributed by atoms with Gasteiger partial charge in [0.05, 0.1) is 23.7 Å². The summed E-state index contributed by atoms with van der Waals surface area (Å²) >= 11 is 11.9. The summed E-state index contributed by atoms with van der Waals surface area (Å²) in [5.74, 6) is 0.924. The first-order chi connectivity index (χ1) is 15.7. The molecule has 0 aliphatic heterocycles. The van der Waals surface area contributed by atoms with Crippen LogP contribution in [-0.2, 0) is 27.8 Å². The number of benzene rings is 1. The van der Waals surface area contributed by atoms with Crippen LogP contribution >= 0.6 is 48.0 Å². The van der Waals surface area contributed by atoms with E-state index >= 15 is 0 Å². The van der Waals surface area contributed by atoms with Gasteiger partial charge in [-0.15, -0.1) is 48.0 Å². The molecule has 0 fully saturated rings. The minimum absolute atomic E-state index is 0. The van der Waals surface area contributed by atoms with Gasteiger partial charge in [-0.2, -0.15) is 0 Å². The molecule has 0 aliphatic rings. The molecule has 1 aromatic carbocycles. The molecule has 2 aromatic rings. The number of hydrogen-bond acceptors (Lipinski definition) is 6. The number of amides is 1. The number of nitrogens with one attached hydrogen (secondary N) is 1. The molecule has 1 amide bonds. The van der Waals surface area contributed by atoms with Crippen LogP contribution in [-0.4, -0.2) is 65.0 Å². The van der Waals surface area contributed by atoms with Crippen LogP contribution in [0.4, 0.5) is 5.69 Å². The van der Waals surface area contributed by atoms with E-state index in [-0.39, 0.29) is 43.2 Å². The van der Waals surface area contributed by atoms with E-state index in [9.17, 15) is 9.59 Å². The number of rotatable bonds is 13. The number of aromatic nitrogens is 2. The van der Waals surface area contributed by atoms with Gasteiger partial charge in [0.25, 0.3) is 0 Å². The molecule has 0 radical (unpaired) electrons. The van der Waals surface area contributed by atoms with Crippen molar-refractivity contribution in [3.05, 3.63) is 24.0 Å². The van der Waals surface area contributed by atoms with E-state index in [0.717, 1.165) is 22.5 Å². The van der Waals surface area contributed by atoms with Crippen molar-refractivity contribution in [2.45, 2.75) is 45.7 Å². The number of hydrogen-bond donors (Lipinski definition) is 2. The summed E-state index contributed by atoms with van der Waals surface area (Å²) in [6, 6.07) is 4.60. The highest BCUT2D eigenvalue weighted by Crippen LogP contribution is 2.23. The molecule has 1 heterocycles. The van der Waals surface area contributed by atoms with Gasteiger partial charge in [-0.05, 0) is 37.5 Å². The Hall–Kier alpha value is -1.45. The third-order valence-electron chi connectivity index (χ3n) is 5.55. The quantitative estimate of drug-likeness (QED) is 0.280. The topological polar surface area (TPSA) is 102 Å². The number of nitrogens with two attached hydrogens (primary N) is 1. The van der Waals surface area contributed by atoms with Crippen LogP contribution in [0, 0.1) is 5.92 Å². The predicted molar refractivity (Wildman–Crippen MR) is 149 cm³/mol. The van der Waals surface area contributed by atoms with Crippen molar-refractivity contribution >= 4 is 76.6 Å². The minimum atomic E-state index is -0.765. The maximum atomic E-state index is 12.6. The number of nitrogens with zero attached hydrogens (tertiary/aromatic N) is 3. The SMILES string of the molecule is CCOC(=O)[C@@H](NC(=O)[C@@H](N)CCc1nc2cc(N(CCCl)CCCl)ccc2n1C)C(C)C.Cl.Cl. The van der Waals surface area contributed by atoms with Crippen LogP contribution in [0.25, 0.3) is 11.0 Å². The zero-order valence-electron chi connectivity index (χ0n) is 20.6. The molecule has 35 heavy (non-hydrogen) atoms. The number of halogens is 4. The first-order valence-electron chi connectivity index (χ1n) is 11.3. The largest absolute Gasteiger partial charge is 0.464 e. The van der Waals surface area contributed by atoms with E-state index in [1.165, 1.54) is 0 Å². The van der Waals surface area contributed by atoms with Gasteiger partial charge >= 0.3 is 5.97 Å². The molecule has 0 saturated heterocycles. The fourth-order valence-corrected chi connectivity index (χ4v) is 4.05. The molecule has 3 N–H and O–H groups in total. The van der Waals surface area contributed by atoms with Crippen molar-refractivity contribution in [3.8, 4) is 0 Å². The number of carbonyl (C=O) groups excluding carboxylic acids is 2. The number of imidazole rings is 1. The van der Waals surface area contributed by atoms with Gasteiger partial charge in [0.2, 0.25) is 5.91 Å². The Bertz CT molecular complexity index is 935. The average Bonchev–Trinajstić information content (AvgIpc) is 3.10. The normalized spacial score (nSPS) is 12.5. The van der Waals surface area contributed by atoms with Crippen molar-refractivity contribution in [3.63, 3.8) is 0 Å². The molecule has 0 aliphatic carbocycles. The van der Waals surface area contributed by atoms with Crippen LogP contribution in [0.5, 0.6) is 0 Å². The van der Waals surface area contributed by atoms with E-state index in [1.54, 1.807) is 6.92 Å². The average molecular weight is 573 g/mol. The lowest BCUT2D eigenvalue weighted by Gasteiger charge is -2.22. The van der Waals surface area contributed by atoms with Crippen LogP contribution in [0.2, 0.25) is 0 Å². The van der Waals surface area contributed by atoms with E-state index in [4.69, 9.17) is 38.7 Å². The molecule has 0 bridgehead atoms. The molecule has 200 valence electrons. The van der Waals surface area contributed by atoms with Crippen molar-refractivity contribution in [1.82, 2.24) is 14.9 Å². The van der Waals surface area contributed by atoms with Crippen LogP contribution < -0.4 is 16.0 Å². The molecule has 0 spiro atoms. The summed E-state index contributed by atoms with van der Waals surface area (Å²) in [5, 5.41) is 2.73. The molecule has 0 saturated carbocycles. The van der Waals surface area contributed by atoms with Crippen molar-refractivity contribution in [1.29, 1.82) is 0 Å². The van der Waals surface area contributed by atoms with Crippen LogP contribution in [0.1, 0.15) is 33.0 Å². The number of aryl methyl sites for hydroxylation is 2. The van der Waals surface area contributed by atoms with Gasteiger partial charge < -0.3 is 25.3 Å². The van der Waals surface area contributed by atoms with Crippen molar-refractivity contribution < 1.29 is 14.3 Å².